The summed E-state index contributed by atoms with van der Waals surface area (Å²) < 4.78 is 0. The number of aliphatic imine (C=N–C) groups is 2. The summed E-state index contributed by atoms with van der Waals surface area (Å²) in [5, 5.41) is 0. The van der Waals surface area contributed by atoms with E-state index >= 15 is 0 Å². The Balaban J connectivity index is 2.53. The molecule has 1 atom stereocenters. The van der Waals surface area contributed by atoms with Crippen molar-refractivity contribution in [1.29, 1.82) is 0 Å². The van der Waals surface area contributed by atoms with Crippen molar-refractivity contribution in [2.45, 2.75) is 19.3 Å². The van der Waals surface area contributed by atoms with Gasteiger partial charge in [-0.25, -0.2) is 19.6 Å². The van der Waals surface area contributed by atoms with Crippen molar-refractivity contribution >= 4 is 12.2 Å². The molecule has 4 heteroatoms. The quantitative estimate of drug-likeness (QED) is 0.384. The van der Waals surface area contributed by atoms with Gasteiger partial charge < -0.3 is 0 Å². The van der Waals surface area contributed by atoms with E-state index in [0.717, 1.165) is 24.8 Å². The maximum absolute atomic E-state index is 9.92. The third kappa shape index (κ3) is 3.48. The van der Waals surface area contributed by atoms with E-state index in [-0.39, 0.29) is 0 Å². The van der Waals surface area contributed by atoms with Crippen LogP contribution in [0.3, 0.4) is 0 Å². The van der Waals surface area contributed by atoms with Crippen LogP contribution in [-0.4, -0.2) is 25.2 Å². The topological polar surface area (TPSA) is 58.9 Å². The molecule has 0 aromatic carbocycles. The lowest BCUT2D eigenvalue weighted by Crippen LogP contribution is -2.09. The predicted octanol–water partition coefficient (Wildman–Crippen LogP) is 1.38. The number of carbonyl (C=O) groups excluding carboxylic acids is 2. The number of nitrogens with zero attached hydrogens (tertiary/aromatic N) is 2. The number of isocyanates is 2. The van der Waals surface area contributed by atoms with Gasteiger partial charge in [-0.2, -0.15) is 0 Å². The summed E-state index contributed by atoms with van der Waals surface area (Å²) in [5.74, 6) is 0.307. The lowest BCUT2D eigenvalue weighted by atomic mass is 9.90. The van der Waals surface area contributed by atoms with E-state index in [1.165, 1.54) is 12.2 Å². The van der Waals surface area contributed by atoms with E-state index in [2.05, 4.69) is 16.1 Å². The lowest BCUT2D eigenvalue weighted by molar-refractivity contribution is 0.524. The van der Waals surface area contributed by atoms with Gasteiger partial charge in [0.15, 0.2) is 0 Å². The average molecular weight is 192 g/mol. The van der Waals surface area contributed by atoms with Gasteiger partial charge in [0.05, 0.1) is 13.1 Å². The molecule has 0 aliphatic heterocycles. The van der Waals surface area contributed by atoms with Gasteiger partial charge in [0.25, 0.3) is 0 Å². The van der Waals surface area contributed by atoms with Crippen LogP contribution in [-0.2, 0) is 9.59 Å². The van der Waals surface area contributed by atoms with Crippen molar-refractivity contribution in [1.82, 2.24) is 0 Å². The summed E-state index contributed by atoms with van der Waals surface area (Å²) in [6.45, 7) is 0.933. The monoisotopic (exact) mass is 192 g/mol. The Kier molecular flexibility index (Phi) is 4.56. The third-order valence-electron chi connectivity index (χ3n) is 2.28. The summed E-state index contributed by atoms with van der Waals surface area (Å²) >= 11 is 0. The zero-order valence-corrected chi connectivity index (χ0v) is 7.90. The van der Waals surface area contributed by atoms with Crippen LogP contribution in [0.5, 0.6) is 0 Å². The molecule has 0 aromatic rings. The fourth-order valence-electron chi connectivity index (χ4n) is 1.66. The van der Waals surface area contributed by atoms with Crippen LogP contribution in [0.15, 0.2) is 21.6 Å². The molecule has 1 aliphatic rings. The Morgan fingerprint density at radius 3 is 2.86 bits per heavy atom. The normalized spacial score (nSPS) is 20.3. The smallest absolute Gasteiger partial charge is 0.211 e. The molecule has 14 heavy (non-hydrogen) atoms. The van der Waals surface area contributed by atoms with Gasteiger partial charge in [0.1, 0.15) is 0 Å². The molecule has 1 aliphatic carbocycles. The zero-order chi connectivity index (χ0) is 10.2. The third-order valence-corrected chi connectivity index (χ3v) is 2.28. The van der Waals surface area contributed by atoms with Crippen LogP contribution in [0, 0.1) is 5.92 Å². The van der Waals surface area contributed by atoms with Crippen LogP contribution in [0.4, 0.5) is 0 Å². The maximum Gasteiger partial charge on any atom is 0.235 e. The molecule has 0 N–H and O–H groups in total. The highest BCUT2D eigenvalue weighted by molar-refractivity contribution is 5.34. The standard InChI is InChI=1S/C10H12N2O2/c13-7-11-5-9-2-1-3-10(4-9)6-12-8-14/h4,9H,1-3,5-6H2. The predicted molar refractivity (Wildman–Crippen MR) is 51.4 cm³/mol. The second-order valence-electron chi connectivity index (χ2n) is 3.32. The Morgan fingerprint density at radius 1 is 1.36 bits per heavy atom. The van der Waals surface area contributed by atoms with Crippen LogP contribution >= 0.6 is 0 Å². The van der Waals surface area contributed by atoms with Crippen molar-refractivity contribution in [2.24, 2.45) is 15.9 Å². The molecule has 0 radical (unpaired) electrons. The zero-order valence-electron chi connectivity index (χ0n) is 7.90. The van der Waals surface area contributed by atoms with E-state index in [0.29, 0.717) is 19.0 Å². The summed E-state index contributed by atoms with van der Waals surface area (Å²) in [6.07, 6.45) is 8.20. The first kappa shape index (κ1) is 10.6. The van der Waals surface area contributed by atoms with Crippen LogP contribution in [0.25, 0.3) is 0 Å². The minimum absolute atomic E-state index is 0.307. The Labute approximate surface area is 82.4 Å². The van der Waals surface area contributed by atoms with E-state index in [9.17, 15) is 9.59 Å². The number of hydrogen-bond acceptors (Lipinski definition) is 4. The van der Waals surface area contributed by atoms with Crippen LogP contribution in [0.1, 0.15) is 19.3 Å². The van der Waals surface area contributed by atoms with E-state index in [1.54, 1.807) is 0 Å². The largest absolute Gasteiger partial charge is 0.235 e. The molecule has 0 spiro atoms. The molecule has 0 bridgehead atoms. The fourth-order valence-corrected chi connectivity index (χ4v) is 1.66. The van der Waals surface area contributed by atoms with Gasteiger partial charge in [-0.1, -0.05) is 11.6 Å². The molecule has 1 rings (SSSR count). The molecule has 1 unspecified atom stereocenters. The fraction of sp³-hybridized carbons (Fsp3) is 0.600. The molecule has 0 amide bonds. The highest BCUT2D eigenvalue weighted by atomic mass is 16.1. The Bertz CT molecular complexity index is 310. The molecule has 74 valence electrons. The van der Waals surface area contributed by atoms with E-state index in [1.807, 2.05) is 0 Å². The van der Waals surface area contributed by atoms with Gasteiger partial charge in [0.2, 0.25) is 12.2 Å². The maximum atomic E-state index is 9.92. The Hall–Kier alpha value is -1.50. The van der Waals surface area contributed by atoms with Gasteiger partial charge in [-0.15, -0.1) is 0 Å². The molecular weight excluding hydrogens is 180 g/mol. The second-order valence-corrected chi connectivity index (χ2v) is 3.32. The van der Waals surface area contributed by atoms with Crippen molar-refractivity contribution in [3.8, 4) is 0 Å². The number of rotatable bonds is 4. The molecule has 0 saturated carbocycles. The first-order chi connectivity index (χ1) is 6.86. The van der Waals surface area contributed by atoms with Crippen molar-refractivity contribution in [2.75, 3.05) is 13.1 Å². The van der Waals surface area contributed by atoms with Gasteiger partial charge in [-0.05, 0) is 25.2 Å². The molecule has 0 saturated heterocycles. The molecular formula is C10H12N2O2. The molecule has 0 fully saturated rings. The summed E-state index contributed by atoms with van der Waals surface area (Å²) in [6, 6.07) is 0. The van der Waals surface area contributed by atoms with Crippen molar-refractivity contribution in [3.63, 3.8) is 0 Å². The minimum Gasteiger partial charge on any atom is -0.211 e. The van der Waals surface area contributed by atoms with Crippen LogP contribution < -0.4 is 0 Å². The number of hydrogen-bond donors (Lipinski definition) is 0. The minimum atomic E-state index is 0.307. The van der Waals surface area contributed by atoms with E-state index in [4.69, 9.17) is 0 Å². The molecule has 0 aromatic heterocycles. The molecule has 0 heterocycles. The van der Waals surface area contributed by atoms with Gasteiger partial charge in [-0.3, -0.25) is 0 Å². The average Bonchev–Trinajstić information content (AvgIpc) is 2.24. The molecule has 4 nitrogen and oxygen atoms in total. The van der Waals surface area contributed by atoms with Gasteiger partial charge >= 0.3 is 0 Å². The summed E-state index contributed by atoms with van der Waals surface area (Å²) in [5.41, 5.74) is 1.14. The van der Waals surface area contributed by atoms with E-state index < -0.39 is 0 Å². The second kappa shape index (κ2) is 6.03. The summed E-state index contributed by atoms with van der Waals surface area (Å²) in [4.78, 5) is 26.9. The highest BCUT2D eigenvalue weighted by Gasteiger charge is 2.12. The highest BCUT2D eigenvalue weighted by Crippen LogP contribution is 2.23. The first-order valence-corrected chi connectivity index (χ1v) is 4.63. The van der Waals surface area contributed by atoms with Gasteiger partial charge in [0, 0.05) is 0 Å². The van der Waals surface area contributed by atoms with Crippen molar-refractivity contribution < 1.29 is 9.59 Å². The first-order valence-electron chi connectivity index (χ1n) is 4.63. The lowest BCUT2D eigenvalue weighted by Gasteiger charge is -2.17. The van der Waals surface area contributed by atoms with Crippen LogP contribution in [0.2, 0.25) is 0 Å². The SMILES string of the molecule is O=C=NCC1=CC(CN=C=O)CCC1. The van der Waals surface area contributed by atoms with Crippen molar-refractivity contribution in [3.05, 3.63) is 11.6 Å². The Morgan fingerprint density at radius 2 is 2.14 bits per heavy atom. The summed E-state index contributed by atoms with van der Waals surface area (Å²) in [7, 11) is 0.